The first-order chi connectivity index (χ1) is 10.7. The van der Waals surface area contributed by atoms with E-state index in [2.05, 4.69) is 4.99 Å². The number of benzene rings is 2. The fourth-order valence-electron chi connectivity index (χ4n) is 3.21. The van der Waals surface area contributed by atoms with Crippen molar-refractivity contribution in [2.45, 2.75) is 31.2 Å². The van der Waals surface area contributed by atoms with E-state index >= 15 is 0 Å². The van der Waals surface area contributed by atoms with Crippen LogP contribution in [0.2, 0.25) is 0 Å². The van der Waals surface area contributed by atoms with Crippen molar-refractivity contribution in [1.82, 2.24) is 0 Å². The van der Waals surface area contributed by atoms with Crippen LogP contribution in [0.15, 0.2) is 47.5 Å². The van der Waals surface area contributed by atoms with Gasteiger partial charge in [-0.05, 0) is 36.6 Å². The van der Waals surface area contributed by atoms with Gasteiger partial charge in [0.2, 0.25) is 6.08 Å². The van der Waals surface area contributed by atoms with E-state index in [1.807, 2.05) is 0 Å². The van der Waals surface area contributed by atoms with Crippen LogP contribution in [0.1, 0.15) is 31.2 Å². The van der Waals surface area contributed by atoms with Gasteiger partial charge in [-0.15, -0.1) is 0 Å². The Labute approximate surface area is 127 Å². The third-order valence-corrected chi connectivity index (χ3v) is 4.36. The molecule has 0 aliphatic heterocycles. The maximum absolute atomic E-state index is 14.2. The van der Waals surface area contributed by atoms with Gasteiger partial charge in [0.05, 0.1) is 5.54 Å². The minimum atomic E-state index is -0.643. The largest absolute Gasteiger partial charge is 0.235 e. The molecule has 0 saturated heterocycles. The average Bonchev–Trinajstić information content (AvgIpc) is 2.99. The van der Waals surface area contributed by atoms with Gasteiger partial charge in [0.25, 0.3) is 0 Å². The van der Waals surface area contributed by atoms with Crippen molar-refractivity contribution in [3.8, 4) is 11.1 Å². The SMILES string of the molecule is O=C=NC1(c2ccc(F)c(-c3ccccc3F)c2)CCCC1. The van der Waals surface area contributed by atoms with E-state index in [-0.39, 0.29) is 11.1 Å². The molecular formula is C18H15F2NO. The molecule has 1 aliphatic rings. The highest BCUT2D eigenvalue weighted by molar-refractivity contribution is 5.66. The quantitative estimate of drug-likeness (QED) is 0.594. The van der Waals surface area contributed by atoms with Crippen molar-refractivity contribution in [2.24, 2.45) is 4.99 Å². The zero-order chi connectivity index (χ0) is 15.6. The fraction of sp³-hybridized carbons (Fsp3) is 0.278. The number of isocyanates is 1. The van der Waals surface area contributed by atoms with Crippen LogP contribution >= 0.6 is 0 Å². The summed E-state index contributed by atoms with van der Waals surface area (Å²) in [6, 6.07) is 10.6. The van der Waals surface area contributed by atoms with Crippen LogP contribution in [0.25, 0.3) is 11.1 Å². The molecule has 1 aliphatic carbocycles. The Balaban J connectivity index is 2.15. The summed E-state index contributed by atoms with van der Waals surface area (Å²) >= 11 is 0. The van der Waals surface area contributed by atoms with Gasteiger partial charge in [0.15, 0.2) is 0 Å². The Morgan fingerprint density at radius 3 is 2.32 bits per heavy atom. The number of carbonyl (C=O) groups excluding carboxylic acids is 1. The summed E-state index contributed by atoms with van der Waals surface area (Å²) in [6.07, 6.45) is 5.01. The summed E-state index contributed by atoms with van der Waals surface area (Å²) in [5.74, 6) is -0.963. The molecule has 0 atom stereocenters. The van der Waals surface area contributed by atoms with Crippen LogP contribution in [-0.4, -0.2) is 6.08 Å². The molecule has 2 aromatic carbocycles. The lowest BCUT2D eigenvalue weighted by atomic mass is 9.87. The first-order valence-electron chi connectivity index (χ1n) is 7.30. The lowest BCUT2D eigenvalue weighted by molar-refractivity contribution is 0.455. The number of nitrogens with zero attached hydrogens (tertiary/aromatic N) is 1. The smallest absolute Gasteiger partial charge is 0.211 e. The van der Waals surface area contributed by atoms with Gasteiger partial charge in [-0.1, -0.05) is 37.1 Å². The number of hydrogen-bond acceptors (Lipinski definition) is 2. The highest BCUT2D eigenvalue weighted by atomic mass is 19.1. The predicted octanol–water partition coefficient (Wildman–Crippen LogP) is 4.74. The topological polar surface area (TPSA) is 29.4 Å². The summed E-state index contributed by atoms with van der Waals surface area (Å²) < 4.78 is 28.1. The molecule has 0 heterocycles. The third kappa shape index (κ3) is 2.46. The molecule has 2 nitrogen and oxygen atoms in total. The van der Waals surface area contributed by atoms with Crippen LogP contribution in [0, 0.1) is 11.6 Å². The fourth-order valence-corrected chi connectivity index (χ4v) is 3.21. The van der Waals surface area contributed by atoms with E-state index in [4.69, 9.17) is 0 Å². The number of hydrogen-bond donors (Lipinski definition) is 0. The lowest BCUT2D eigenvalue weighted by Crippen LogP contribution is -2.19. The second-order valence-electron chi connectivity index (χ2n) is 5.62. The molecule has 0 bridgehead atoms. The molecule has 22 heavy (non-hydrogen) atoms. The van der Waals surface area contributed by atoms with Gasteiger partial charge in [-0.3, -0.25) is 0 Å². The molecular weight excluding hydrogens is 284 g/mol. The van der Waals surface area contributed by atoms with Gasteiger partial charge >= 0.3 is 0 Å². The molecule has 0 amide bonds. The molecule has 0 radical (unpaired) electrons. The van der Waals surface area contributed by atoms with Crippen LogP contribution in [0.5, 0.6) is 0 Å². The number of aliphatic imine (C=N–C) groups is 1. The maximum Gasteiger partial charge on any atom is 0.235 e. The predicted molar refractivity (Wildman–Crippen MR) is 80.1 cm³/mol. The number of halogens is 2. The van der Waals surface area contributed by atoms with Gasteiger partial charge in [0, 0.05) is 11.1 Å². The highest BCUT2D eigenvalue weighted by Gasteiger charge is 2.36. The first-order valence-corrected chi connectivity index (χ1v) is 7.30. The molecule has 112 valence electrons. The van der Waals surface area contributed by atoms with E-state index in [1.165, 1.54) is 12.1 Å². The molecule has 0 unspecified atom stereocenters. The third-order valence-electron chi connectivity index (χ3n) is 4.36. The summed E-state index contributed by atoms with van der Waals surface area (Å²) in [4.78, 5) is 14.8. The van der Waals surface area contributed by atoms with Crippen LogP contribution < -0.4 is 0 Å². The molecule has 4 heteroatoms. The Bertz CT molecular complexity index is 745. The van der Waals surface area contributed by atoms with Crippen molar-refractivity contribution in [3.63, 3.8) is 0 Å². The molecule has 1 fully saturated rings. The van der Waals surface area contributed by atoms with Crippen LogP contribution in [0.4, 0.5) is 8.78 Å². The Morgan fingerprint density at radius 2 is 1.64 bits per heavy atom. The van der Waals surface area contributed by atoms with Crippen LogP contribution in [0.3, 0.4) is 0 Å². The monoisotopic (exact) mass is 299 g/mol. The van der Waals surface area contributed by atoms with Gasteiger partial charge in [0.1, 0.15) is 11.6 Å². The number of rotatable bonds is 3. The van der Waals surface area contributed by atoms with Crippen molar-refractivity contribution >= 4 is 6.08 Å². The molecule has 1 saturated carbocycles. The first kappa shape index (κ1) is 14.6. The Kier molecular flexibility index (Phi) is 3.86. The lowest BCUT2D eigenvalue weighted by Gasteiger charge is -2.23. The van der Waals surface area contributed by atoms with Crippen LogP contribution in [-0.2, 0) is 10.3 Å². The zero-order valence-electron chi connectivity index (χ0n) is 12.0. The second kappa shape index (κ2) is 5.82. The normalized spacial score (nSPS) is 16.3. The summed E-state index contributed by atoms with van der Waals surface area (Å²) in [5, 5.41) is 0. The second-order valence-corrected chi connectivity index (χ2v) is 5.62. The van der Waals surface area contributed by atoms with Crippen molar-refractivity contribution in [2.75, 3.05) is 0 Å². The average molecular weight is 299 g/mol. The molecule has 0 N–H and O–H groups in total. The van der Waals surface area contributed by atoms with E-state index < -0.39 is 17.2 Å². The summed E-state index contributed by atoms with van der Waals surface area (Å²) in [5.41, 5.74) is 0.510. The van der Waals surface area contributed by atoms with Crippen molar-refractivity contribution in [1.29, 1.82) is 0 Å². The standard InChI is InChI=1S/C18H15F2NO/c19-16-6-2-1-5-14(16)15-11-13(7-8-17(15)20)18(21-12-22)9-3-4-10-18/h1-2,5-8,11H,3-4,9-10H2. The van der Waals surface area contributed by atoms with Crippen molar-refractivity contribution < 1.29 is 13.6 Å². The van der Waals surface area contributed by atoms with E-state index in [0.29, 0.717) is 0 Å². The summed E-state index contributed by atoms with van der Waals surface area (Å²) in [6.45, 7) is 0. The molecule has 3 rings (SSSR count). The molecule has 0 spiro atoms. The molecule has 2 aromatic rings. The highest BCUT2D eigenvalue weighted by Crippen LogP contribution is 2.43. The minimum absolute atomic E-state index is 0.197. The van der Waals surface area contributed by atoms with E-state index in [0.717, 1.165) is 31.2 Å². The van der Waals surface area contributed by atoms with Crippen molar-refractivity contribution in [3.05, 3.63) is 59.7 Å². The molecule has 0 aromatic heterocycles. The van der Waals surface area contributed by atoms with Gasteiger partial charge in [-0.2, -0.15) is 4.99 Å². The summed E-state index contributed by atoms with van der Waals surface area (Å²) in [7, 11) is 0. The minimum Gasteiger partial charge on any atom is -0.211 e. The zero-order valence-corrected chi connectivity index (χ0v) is 12.0. The Hall–Kier alpha value is -2.32. The van der Waals surface area contributed by atoms with Gasteiger partial charge < -0.3 is 0 Å². The van der Waals surface area contributed by atoms with Gasteiger partial charge in [-0.25, -0.2) is 13.6 Å². The maximum atomic E-state index is 14.2. The van der Waals surface area contributed by atoms with E-state index in [1.54, 1.807) is 36.4 Å². The Morgan fingerprint density at radius 1 is 0.955 bits per heavy atom. The van der Waals surface area contributed by atoms with E-state index in [9.17, 15) is 13.6 Å².